The molecule has 0 aromatic rings. The lowest BCUT2D eigenvalue weighted by Gasteiger charge is -2.31. The molecule has 0 bridgehead atoms. The van der Waals surface area contributed by atoms with Gasteiger partial charge in [-0.05, 0) is 146 Å². The monoisotopic (exact) mass is 903 g/mol. The predicted octanol–water partition coefficient (Wildman–Crippen LogP) is 9.80. The molecule has 5 saturated carbocycles. The van der Waals surface area contributed by atoms with Gasteiger partial charge in [-0.2, -0.15) is 0 Å². The van der Waals surface area contributed by atoms with Crippen LogP contribution < -0.4 is 0 Å². The third-order valence-corrected chi connectivity index (χ3v) is 13.0. The van der Waals surface area contributed by atoms with E-state index in [9.17, 15) is 25.5 Å². The van der Waals surface area contributed by atoms with Crippen molar-refractivity contribution in [3.05, 3.63) is 88.6 Å². The maximum atomic E-state index is 9.72. The van der Waals surface area contributed by atoms with E-state index in [0.29, 0.717) is 49.4 Å². The number of ether oxygens (including phenoxy) is 5. The second kappa shape index (κ2) is 36.8. The van der Waals surface area contributed by atoms with Gasteiger partial charge in [0.2, 0.25) is 0 Å². The predicted molar refractivity (Wildman–Crippen MR) is 263 cm³/mol. The van der Waals surface area contributed by atoms with Crippen LogP contribution in [0.2, 0.25) is 0 Å². The molecule has 370 valence electrons. The molecule has 15 atom stereocenters. The summed E-state index contributed by atoms with van der Waals surface area (Å²) in [6.45, 7) is 35.3. The molecule has 0 amide bonds. The molecule has 0 aromatic heterocycles. The molecule has 5 rings (SSSR count). The zero-order valence-electron chi connectivity index (χ0n) is 40.5. The minimum Gasteiger partial charge on any atom is -0.390 e. The second-order valence-electron chi connectivity index (χ2n) is 18.0. The molecule has 64 heavy (non-hydrogen) atoms. The Morgan fingerprint density at radius 3 is 0.984 bits per heavy atom. The van der Waals surface area contributed by atoms with Gasteiger partial charge in [0.15, 0.2) is 0 Å². The summed E-state index contributed by atoms with van der Waals surface area (Å²) in [5.74, 6) is 2.45. The van der Waals surface area contributed by atoms with E-state index in [-0.39, 0.29) is 61.0 Å². The highest BCUT2D eigenvalue weighted by molar-refractivity contribution is 4.93. The van der Waals surface area contributed by atoms with E-state index in [1.165, 1.54) is 0 Å². The molecule has 0 aromatic carbocycles. The molecule has 0 aliphatic heterocycles. The van der Waals surface area contributed by atoms with Gasteiger partial charge >= 0.3 is 0 Å². The lowest BCUT2D eigenvalue weighted by molar-refractivity contribution is -0.0661. The molecular formula is C54H94O10. The quantitative estimate of drug-likeness (QED) is 0.0794. The van der Waals surface area contributed by atoms with E-state index in [4.69, 9.17) is 23.7 Å². The Morgan fingerprint density at radius 1 is 0.359 bits per heavy atom. The SMILES string of the molecule is C=CC1CCC(O)C(OCCC)C1.C=CC1CCC(OCC)C(O)C1.C=CC1CCC(OCCC)C(O)C1.C=CCOC1CC(C=C)CCC1O.C=CCOC1CCC(C=C)CC1O. The third-order valence-electron chi connectivity index (χ3n) is 13.0. The summed E-state index contributed by atoms with van der Waals surface area (Å²) in [7, 11) is 0. The summed E-state index contributed by atoms with van der Waals surface area (Å²) in [6, 6.07) is 0. The van der Waals surface area contributed by atoms with Crippen molar-refractivity contribution in [3.63, 3.8) is 0 Å². The van der Waals surface area contributed by atoms with Gasteiger partial charge in [0.05, 0.1) is 74.3 Å². The Kier molecular flexibility index (Phi) is 34.4. The number of aliphatic hydroxyl groups excluding tert-OH is 5. The fraction of sp³-hybridized carbons (Fsp3) is 0.741. The van der Waals surface area contributed by atoms with Gasteiger partial charge in [0.25, 0.3) is 0 Å². The Morgan fingerprint density at radius 2 is 0.656 bits per heavy atom. The largest absolute Gasteiger partial charge is 0.390 e. The van der Waals surface area contributed by atoms with Crippen LogP contribution >= 0.6 is 0 Å². The van der Waals surface area contributed by atoms with Crippen LogP contribution in [0.4, 0.5) is 0 Å². The van der Waals surface area contributed by atoms with Crippen molar-refractivity contribution < 1.29 is 49.2 Å². The van der Waals surface area contributed by atoms with Gasteiger partial charge in [-0.25, -0.2) is 0 Å². The molecule has 0 radical (unpaired) electrons. The average molecular weight is 903 g/mol. The summed E-state index contributed by atoms with van der Waals surface area (Å²) in [6.07, 6.45) is 28.0. The van der Waals surface area contributed by atoms with E-state index >= 15 is 0 Å². The van der Waals surface area contributed by atoms with Crippen molar-refractivity contribution >= 4 is 0 Å². The number of hydrogen-bond donors (Lipinski definition) is 5. The smallest absolute Gasteiger partial charge is 0.0843 e. The summed E-state index contributed by atoms with van der Waals surface area (Å²) < 4.78 is 27.4. The molecule has 15 unspecified atom stereocenters. The first-order valence-electron chi connectivity index (χ1n) is 24.7. The molecule has 0 saturated heterocycles. The van der Waals surface area contributed by atoms with Gasteiger partial charge in [0.1, 0.15) is 0 Å². The van der Waals surface area contributed by atoms with Crippen molar-refractivity contribution in [3.8, 4) is 0 Å². The third kappa shape index (κ3) is 24.5. The van der Waals surface area contributed by atoms with Crippen molar-refractivity contribution in [1.29, 1.82) is 0 Å². The normalized spacial score (nSPS) is 34.7. The van der Waals surface area contributed by atoms with Crippen LogP contribution in [0, 0.1) is 29.6 Å². The first-order valence-corrected chi connectivity index (χ1v) is 24.7. The topological polar surface area (TPSA) is 147 Å². The molecule has 5 aliphatic rings. The summed E-state index contributed by atoms with van der Waals surface area (Å²) >= 11 is 0. The number of aliphatic hydroxyl groups is 5. The Balaban J connectivity index is 0.000000400. The van der Waals surface area contributed by atoms with Crippen LogP contribution in [0.3, 0.4) is 0 Å². The standard InChI is InChI=1S/C11H20O2.C11H18O2.C11H20O2.C11H18O2.C10H18O2/c2*1-3-7-13-11-6-5-9(4-2)8-10(11)12;2*1-3-7-13-11-8-9(4-2)5-6-10(11)12;1-3-8-5-6-10(12-4-2)9(11)7-8/h4,9-12H,2-3,5-8H2,1H3;3-4,9-12H,1-2,5-8H2;4,9-12H,2-3,5-8H2,1H3;3-4,9-12H,1-2,5-8H2;3,8-11H,1,4-7H2,2H3. The van der Waals surface area contributed by atoms with Crippen molar-refractivity contribution in [2.75, 3.05) is 33.0 Å². The van der Waals surface area contributed by atoms with Crippen LogP contribution in [-0.2, 0) is 23.7 Å². The zero-order valence-corrected chi connectivity index (χ0v) is 40.5. The zero-order chi connectivity index (χ0) is 47.7. The molecule has 10 heteroatoms. The first kappa shape index (κ1) is 59.8. The fourth-order valence-electron chi connectivity index (χ4n) is 8.89. The van der Waals surface area contributed by atoms with Gasteiger partial charge in [0, 0.05) is 19.8 Å². The Bertz CT molecular complexity index is 1240. The molecule has 5 N–H and O–H groups in total. The Labute approximate surface area is 390 Å². The van der Waals surface area contributed by atoms with Crippen LogP contribution in [-0.4, -0.2) is 120 Å². The highest BCUT2D eigenvalue weighted by Crippen LogP contribution is 2.31. The van der Waals surface area contributed by atoms with E-state index in [2.05, 4.69) is 59.9 Å². The number of allylic oxidation sites excluding steroid dienone is 5. The van der Waals surface area contributed by atoms with Crippen molar-refractivity contribution in [2.45, 2.75) is 191 Å². The van der Waals surface area contributed by atoms with Crippen molar-refractivity contribution in [1.82, 2.24) is 0 Å². The highest BCUT2D eigenvalue weighted by Gasteiger charge is 2.31. The highest BCUT2D eigenvalue weighted by atomic mass is 16.5. The van der Waals surface area contributed by atoms with E-state index in [1.807, 2.05) is 37.3 Å². The second-order valence-corrected chi connectivity index (χ2v) is 18.0. The maximum absolute atomic E-state index is 9.72. The maximum Gasteiger partial charge on any atom is 0.0843 e. The molecule has 0 heterocycles. The molecule has 0 spiro atoms. The average Bonchev–Trinajstić information content (AvgIpc) is 3.31. The van der Waals surface area contributed by atoms with Gasteiger partial charge < -0.3 is 49.2 Å². The van der Waals surface area contributed by atoms with Gasteiger partial charge in [-0.15, -0.1) is 46.1 Å². The first-order chi connectivity index (χ1) is 30.9. The van der Waals surface area contributed by atoms with Crippen LogP contribution in [0.25, 0.3) is 0 Å². The lowest BCUT2D eigenvalue weighted by atomic mass is 9.85. The minimum atomic E-state index is -0.336. The molecule has 5 fully saturated rings. The van der Waals surface area contributed by atoms with Gasteiger partial charge in [-0.1, -0.05) is 56.4 Å². The number of rotatable bonds is 19. The van der Waals surface area contributed by atoms with Crippen LogP contribution in [0.1, 0.15) is 130 Å². The van der Waals surface area contributed by atoms with Crippen LogP contribution in [0.5, 0.6) is 0 Å². The van der Waals surface area contributed by atoms with E-state index < -0.39 is 0 Å². The van der Waals surface area contributed by atoms with Gasteiger partial charge in [-0.3, -0.25) is 0 Å². The molecule has 10 nitrogen and oxygen atoms in total. The minimum absolute atomic E-state index is 0.00537. The van der Waals surface area contributed by atoms with E-state index in [1.54, 1.807) is 12.2 Å². The van der Waals surface area contributed by atoms with Crippen LogP contribution in [0.15, 0.2) is 88.6 Å². The van der Waals surface area contributed by atoms with E-state index in [0.717, 1.165) is 122 Å². The summed E-state index contributed by atoms with van der Waals surface area (Å²) in [5.41, 5.74) is 0. The number of hydrogen-bond acceptors (Lipinski definition) is 10. The molecular weight excluding hydrogens is 809 g/mol. The lowest BCUT2D eigenvalue weighted by Crippen LogP contribution is -2.35. The fourth-order valence-corrected chi connectivity index (χ4v) is 8.89. The molecule has 5 aliphatic carbocycles. The summed E-state index contributed by atoms with van der Waals surface area (Å²) in [5, 5.41) is 48.3. The van der Waals surface area contributed by atoms with Crippen molar-refractivity contribution in [2.24, 2.45) is 29.6 Å². The Hall–Kier alpha value is -2.22. The summed E-state index contributed by atoms with van der Waals surface area (Å²) in [4.78, 5) is 0.